The molecule has 2 atom stereocenters. The lowest BCUT2D eigenvalue weighted by atomic mass is 9.95. The van der Waals surface area contributed by atoms with Crippen LogP contribution in [-0.2, 0) is 24.1 Å². The maximum atomic E-state index is 12.2. The zero-order chi connectivity index (χ0) is 12.5. The van der Waals surface area contributed by atoms with Gasteiger partial charge in [0.1, 0.15) is 5.78 Å². The number of rotatable bonds is 3. The monoisotopic (exact) mass is 243 g/mol. The molecule has 2 N–H and O–H groups in total. The summed E-state index contributed by atoms with van der Waals surface area (Å²) in [6.45, 7) is 0. The molecule has 2 heteroatoms. The Hall–Kier alpha value is -1.15. The van der Waals surface area contributed by atoms with Crippen LogP contribution in [-0.4, -0.2) is 11.8 Å². The standard InChI is InChI=1S/C16H21NO/c17-15-7-6-14(10-15)16(18)9-11-4-5-12-2-1-3-13(12)8-11/h4-5,8,14-15H,1-3,6-7,9-10,17H2. The average molecular weight is 243 g/mol. The third kappa shape index (κ3) is 2.35. The number of fused-ring (bicyclic) bond motifs is 1. The molecule has 2 unspecified atom stereocenters. The SMILES string of the molecule is NC1CCC(C(=O)Cc2ccc3c(c2)CCC3)C1. The molecule has 0 heterocycles. The van der Waals surface area contributed by atoms with Crippen molar-refractivity contribution in [2.45, 2.75) is 51.0 Å². The summed E-state index contributed by atoms with van der Waals surface area (Å²) in [5.74, 6) is 0.606. The Morgan fingerprint density at radius 3 is 2.83 bits per heavy atom. The summed E-state index contributed by atoms with van der Waals surface area (Å²) >= 11 is 0. The number of nitrogens with two attached hydrogens (primary N) is 1. The van der Waals surface area contributed by atoms with Crippen LogP contribution in [0.3, 0.4) is 0 Å². The van der Waals surface area contributed by atoms with Gasteiger partial charge in [0, 0.05) is 18.4 Å². The van der Waals surface area contributed by atoms with E-state index in [-0.39, 0.29) is 12.0 Å². The van der Waals surface area contributed by atoms with E-state index in [9.17, 15) is 4.79 Å². The smallest absolute Gasteiger partial charge is 0.140 e. The predicted octanol–water partition coefficient (Wildman–Crippen LogP) is 2.41. The average Bonchev–Trinajstić information content (AvgIpc) is 2.96. The summed E-state index contributed by atoms with van der Waals surface area (Å²) in [6, 6.07) is 6.84. The van der Waals surface area contributed by atoms with Crippen LogP contribution in [0.1, 0.15) is 42.4 Å². The summed E-state index contributed by atoms with van der Waals surface area (Å²) in [5.41, 5.74) is 10.0. The molecule has 0 bridgehead atoms. The second-order valence-corrected chi connectivity index (χ2v) is 5.87. The van der Waals surface area contributed by atoms with Crippen LogP contribution < -0.4 is 5.73 Å². The molecule has 0 aromatic heterocycles. The highest BCUT2D eigenvalue weighted by Gasteiger charge is 2.27. The van der Waals surface area contributed by atoms with E-state index in [1.165, 1.54) is 36.0 Å². The van der Waals surface area contributed by atoms with E-state index in [0.717, 1.165) is 19.3 Å². The summed E-state index contributed by atoms with van der Waals surface area (Å²) < 4.78 is 0. The largest absolute Gasteiger partial charge is 0.328 e. The summed E-state index contributed by atoms with van der Waals surface area (Å²) in [7, 11) is 0. The van der Waals surface area contributed by atoms with Crippen molar-refractivity contribution in [3.8, 4) is 0 Å². The molecule has 0 radical (unpaired) electrons. The van der Waals surface area contributed by atoms with Gasteiger partial charge in [-0.25, -0.2) is 0 Å². The Morgan fingerprint density at radius 2 is 2.06 bits per heavy atom. The minimum absolute atomic E-state index is 0.216. The number of benzene rings is 1. The quantitative estimate of drug-likeness (QED) is 0.886. The van der Waals surface area contributed by atoms with Crippen molar-refractivity contribution in [1.82, 2.24) is 0 Å². The van der Waals surface area contributed by atoms with Crippen LogP contribution in [0.2, 0.25) is 0 Å². The van der Waals surface area contributed by atoms with Gasteiger partial charge < -0.3 is 5.73 Å². The van der Waals surface area contributed by atoms with E-state index in [2.05, 4.69) is 18.2 Å². The van der Waals surface area contributed by atoms with E-state index < -0.39 is 0 Å². The molecule has 1 aromatic carbocycles. The molecular weight excluding hydrogens is 222 g/mol. The molecule has 3 rings (SSSR count). The topological polar surface area (TPSA) is 43.1 Å². The second-order valence-electron chi connectivity index (χ2n) is 5.87. The molecule has 18 heavy (non-hydrogen) atoms. The predicted molar refractivity (Wildman–Crippen MR) is 72.5 cm³/mol. The first-order valence-electron chi connectivity index (χ1n) is 7.11. The Balaban J connectivity index is 1.67. The normalized spacial score (nSPS) is 26.3. The molecule has 0 amide bonds. The highest BCUT2D eigenvalue weighted by molar-refractivity contribution is 5.83. The molecule has 0 aliphatic heterocycles. The first-order chi connectivity index (χ1) is 8.72. The Kier molecular flexibility index (Phi) is 3.21. The summed E-state index contributed by atoms with van der Waals surface area (Å²) in [4.78, 5) is 12.2. The first-order valence-corrected chi connectivity index (χ1v) is 7.11. The van der Waals surface area contributed by atoms with E-state index in [1.807, 2.05) is 0 Å². The van der Waals surface area contributed by atoms with Gasteiger partial charge in [0.2, 0.25) is 0 Å². The first kappa shape index (κ1) is 11.9. The number of carbonyl (C=O) groups is 1. The van der Waals surface area contributed by atoms with E-state index in [1.54, 1.807) is 0 Å². The van der Waals surface area contributed by atoms with E-state index >= 15 is 0 Å². The third-order valence-electron chi connectivity index (χ3n) is 4.47. The number of hydrogen-bond acceptors (Lipinski definition) is 2. The van der Waals surface area contributed by atoms with Crippen LogP contribution in [0.4, 0.5) is 0 Å². The molecule has 96 valence electrons. The third-order valence-corrected chi connectivity index (χ3v) is 4.47. The minimum Gasteiger partial charge on any atom is -0.328 e. The molecule has 0 spiro atoms. The van der Waals surface area contributed by atoms with Gasteiger partial charge >= 0.3 is 0 Å². The fraction of sp³-hybridized carbons (Fsp3) is 0.562. The Morgan fingerprint density at radius 1 is 1.22 bits per heavy atom. The number of hydrogen-bond donors (Lipinski definition) is 1. The highest BCUT2D eigenvalue weighted by Crippen LogP contribution is 2.27. The Labute approximate surface area is 109 Å². The van der Waals surface area contributed by atoms with Crippen molar-refractivity contribution in [3.63, 3.8) is 0 Å². The van der Waals surface area contributed by atoms with Gasteiger partial charge in [-0.05, 0) is 55.2 Å². The van der Waals surface area contributed by atoms with Crippen molar-refractivity contribution in [3.05, 3.63) is 34.9 Å². The molecule has 2 aliphatic rings. The lowest BCUT2D eigenvalue weighted by Crippen LogP contribution is -2.19. The fourth-order valence-electron chi connectivity index (χ4n) is 3.39. The molecule has 0 saturated heterocycles. The maximum absolute atomic E-state index is 12.2. The Bertz CT molecular complexity index is 466. The number of Topliss-reactive ketones (excluding diaryl/α,β-unsaturated/α-hetero) is 1. The summed E-state index contributed by atoms with van der Waals surface area (Å²) in [5, 5.41) is 0. The second kappa shape index (κ2) is 4.85. The summed E-state index contributed by atoms with van der Waals surface area (Å²) in [6.07, 6.45) is 7.16. The van der Waals surface area contributed by atoms with Crippen LogP contribution in [0, 0.1) is 5.92 Å². The van der Waals surface area contributed by atoms with Crippen molar-refractivity contribution >= 4 is 5.78 Å². The molecule has 1 fully saturated rings. The van der Waals surface area contributed by atoms with Gasteiger partial charge in [0.25, 0.3) is 0 Å². The fourth-order valence-corrected chi connectivity index (χ4v) is 3.39. The zero-order valence-electron chi connectivity index (χ0n) is 10.8. The molecule has 1 saturated carbocycles. The van der Waals surface area contributed by atoms with Gasteiger partial charge in [-0.3, -0.25) is 4.79 Å². The lowest BCUT2D eigenvalue weighted by molar-refractivity contribution is -0.122. The zero-order valence-corrected chi connectivity index (χ0v) is 10.8. The molecule has 1 aromatic rings. The van der Waals surface area contributed by atoms with Crippen molar-refractivity contribution in [2.75, 3.05) is 0 Å². The number of carbonyl (C=O) groups excluding carboxylic acids is 1. The molecule has 2 aliphatic carbocycles. The number of aryl methyl sites for hydroxylation is 2. The molecular formula is C16H21NO. The van der Waals surface area contributed by atoms with Crippen molar-refractivity contribution in [2.24, 2.45) is 11.7 Å². The molecule has 2 nitrogen and oxygen atoms in total. The van der Waals surface area contributed by atoms with Crippen LogP contribution in [0.25, 0.3) is 0 Å². The lowest BCUT2D eigenvalue weighted by Gasteiger charge is -2.09. The minimum atomic E-state index is 0.216. The van der Waals surface area contributed by atoms with Crippen molar-refractivity contribution < 1.29 is 4.79 Å². The maximum Gasteiger partial charge on any atom is 0.140 e. The van der Waals surface area contributed by atoms with Gasteiger partial charge in [0.15, 0.2) is 0 Å². The van der Waals surface area contributed by atoms with Gasteiger partial charge in [-0.2, -0.15) is 0 Å². The van der Waals surface area contributed by atoms with Gasteiger partial charge in [0.05, 0.1) is 0 Å². The van der Waals surface area contributed by atoms with Crippen LogP contribution in [0.15, 0.2) is 18.2 Å². The van der Waals surface area contributed by atoms with Gasteiger partial charge in [-0.15, -0.1) is 0 Å². The van der Waals surface area contributed by atoms with E-state index in [0.29, 0.717) is 12.2 Å². The van der Waals surface area contributed by atoms with Crippen molar-refractivity contribution in [1.29, 1.82) is 0 Å². The van der Waals surface area contributed by atoms with Gasteiger partial charge in [-0.1, -0.05) is 18.2 Å². The highest BCUT2D eigenvalue weighted by atomic mass is 16.1. The van der Waals surface area contributed by atoms with Crippen LogP contribution in [0.5, 0.6) is 0 Å². The van der Waals surface area contributed by atoms with E-state index in [4.69, 9.17) is 5.73 Å². The number of ketones is 1. The van der Waals surface area contributed by atoms with Crippen LogP contribution >= 0.6 is 0 Å².